The van der Waals surface area contributed by atoms with E-state index in [1.54, 1.807) is 7.05 Å². The van der Waals surface area contributed by atoms with Gasteiger partial charge in [-0.15, -0.1) is 0 Å². The quantitative estimate of drug-likeness (QED) is 0.752. The van der Waals surface area contributed by atoms with Gasteiger partial charge in [-0.25, -0.2) is 0 Å². The van der Waals surface area contributed by atoms with E-state index >= 15 is 0 Å². The molecule has 1 N–H and O–H groups in total. The molecule has 0 aromatic carbocycles. The Labute approximate surface area is 113 Å². The number of hydrogen-bond donors (Lipinski definition) is 1. The van der Waals surface area contributed by atoms with Crippen molar-refractivity contribution in [3.8, 4) is 0 Å². The number of allylic oxidation sites excluding steroid dienone is 2. The van der Waals surface area contributed by atoms with E-state index in [1.165, 1.54) is 0 Å². The summed E-state index contributed by atoms with van der Waals surface area (Å²) < 4.78 is 5.63. The molecule has 1 fully saturated rings. The molecule has 1 heterocycles. The molecule has 0 aromatic rings. The minimum absolute atomic E-state index is 0.0467. The fourth-order valence-electron chi connectivity index (χ4n) is 2.55. The molecule has 19 heavy (non-hydrogen) atoms. The first kappa shape index (κ1) is 13.6. The highest BCUT2D eigenvalue weighted by atomic mass is 16.5. The van der Waals surface area contributed by atoms with E-state index in [9.17, 15) is 9.59 Å². The van der Waals surface area contributed by atoms with E-state index in [1.807, 2.05) is 0 Å². The molecular weight excluding hydrogens is 244 g/mol. The number of ether oxygens (including phenoxy) is 1. The van der Waals surface area contributed by atoms with Crippen LogP contribution in [-0.4, -0.2) is 43.3 Å². The average Bonchev–Trinajstić information content (AvgIpc) is 2.47. The van der Waals surface area contributed by atoms with Gasteiger partial charge < -0.3 is 19.7 Å². The van der Waals surface area contributed by atoms with Gasteiger partial charge in [0.15, 0.2) is 0 Å². The maximum absolute atomic E-state index is 12.0. The Morgan fingerprint density at radius 3 is 3.05 bits per heavy atom. The topological polar surface area (TPSA) is 58.6 Å². The standard InChI is InChI=1S/C14H20N2O3/c1-15-14(18)12(6-4-9-17)16-8-10-19-13-7-3-2-5-11(13)16/h5,7,9,12H,2-4,6,8,10H2,1H3,(H,15,18). The van der Waals surface area contributed by atoms with Gasteiger partial charge in [-0.1, -0.05) is 6.08 Å². The molecule has 1 saturated heterocycles. The molecule has 2 aliphatic rings. The molecule has 0 radical (unpaired) electrons. The van der Waals surface area contributed by atoms with Crippen molar-refractivity contribution in [3.05, 3.63) is 23.6 Å². The molecule has 1 unspecified atom stereocenters. The number of amides is 1. The summed E-state index contributed by atoms with van der Waals surface area (Å²) in [5.74, 6) is 0.826. The summed E-state index contributed by atoms with van der Waals surface area (Å²) in [7, 11) is 1.63. The van der Waals surface area contributed by atoms with Crippen LogP contribution in [0.25, 0.3) is 0 Å². The second-order valence-corrected chi connectivity index (χ2v) is 4.65. The summed E-state index contributed by atoms with van der Waals surface area (Å²) in [5, 5.41) is 2.68. The molecule has 0 bridgehead atoms. The van der Waals surface area contributed by atoms with Gasteiger partial charge in [0.05, 0.1) is 12.2 Å². The van der Waals surface area contributed by atoms with Crippen LogP contribution in [0.2, 0.25) is 0 Å². The summed E-state index contributed by atoms with van der Waals surface area (Å²) in [5.41, 5.74) is 0.997. The summed E-state index contributed by atoms with van der Waals surface area (Å²) in [6.45, 7) is 1.26. The fourth-order valence-corrected chi connectivity index (χ4v) is 2.55. The Balaban J connectivity index is 2.19. The van der Waals surface area contributed by atoms with E-state index in [4.69, 9.17) is 4.74 Å². The second kappa shape index (κ2) is 6.41. The lowest BCUT2D eigenvalue weighted by Gasteiger charge is -2.39. The lowest BCUT2D eigenvalue weighted by molar-refractivity contribution is -0.126. The van der Waals surface area contributed by atoms with E-state index in [-0.39, 0.29) is 11.9 Å². The minimum Gasteiger partial charge on any atom is -0.490 e. The van der Waals surface area contributed by atoms with Gasteiger partial charge in [-0.05, 0) is 25.3 Å². The highest BCUT2D eigenvalue weighted by Crippen LogP contribution is 2.29. The van der Waals surface area contributed by atoms with Crippen LogP contribution in [0.5, 0.6) is 0 Å². The first-order valence-corrected chi connectivity index (χ1v) is 6.73. The zero-order valence-corrected chi connectivity index (χ0v) is 11.2. The molecular formula is C14H20N2O3. The maximum Gasteiger partial charge on any atom is 0.242 e. The van der Waals surface area contributed by atoms with E-state index in [0.717, 1.165) is 30.6 Å². The molecule has 104 valence electrons. The molecule has 1 atom stereocenters. The van der Waals surface area contributed by atoms with Gasteiger partial charge >= 0.3 is 0 Å². The molecule has 5 nitrogen and oxygen atoms in total. The Morgan fingerprint density at radius 1 is 1.53 bits per heavy atom. The van der Waals surface area contributed by atoms with Gasteiger partial charge in [0.1, 0.15) is 24.7 Å². The van der Waals surface area contributed by atoms with E-state index in [0.29, 0.717) is 26.0 Å². The predicted octanol–water partition coefficient (Wildman–Crippen LogP) is 0.974. The fraction of sp³-hybridized carbons (Fsp3) is 0.571. The average molecular weight is 264 g/mol. The zero-order chi connectivity index (χ0) is 13.7. The number of morpholine rings is 1. The number of aldehydes is 1. The van der Waals surface area contributed by atoms with Crippen LogP contribution in [0.15, 0.2) is 23.6 Å². The Kier molecular flexibility index (Phi) is 4.60. The molecule has 0 spiro atoms. The van der Waals surface area contributed by atoms with Crippen molar-refractivity contribution in [1.82, 2.24) is 10.2 Å². The number of carbonyl (C=O) groups excluding carboxylic acids is 2. The summed E-state index contributed by atoms with van der Waals surface area (Å²) in [6, 6.07) is -0.299. The predicted molar refractivity (Wildman–Crippen MR) is 71.2 cm³/mol. The van der Waals surface area contributed by atoms with Crippen molar-refractivity contribution in [1.29, 1.82) is 0 Å². The van der Waals surface area contributed by atoms with Crippen molar-refractivity contribution in [2.75, 3.05) is 20.2 Å². The SMILES string of the molecule is CNC(=O)C(CCC=O)N1CCOC2=CCCC=C21. The Bertz CT molecular complexity index is 415. The van der Waals surface area contributed by atoms with Crippen LogP contribution in [0.3, 0.4) is 0 Å². The molecule has 0 saturated carbocycles. The first-order valence-electron chi connectivity index (χ1n) is 6.73. The Morgan fingerprint density at radius 2 is 2.32 bits per heavy atom. The van der Waals surface area contributed by atoms with Gasteiger partial charge in [0.25, 0.3) is 0 Å². The largest absolute Gasteiger partial charge is 0.490 e. The lowest BCUT2D eigenvalue weighted by Crippen LogP contribution is -2.49. The van der Waals surface area contributed by atoms with Crippen LogP contribution >= 0.6 is 0 Å². The van der Waals surface area contributed by atoms with Crippen molar-refractivity contribution in [3.63, 3.8) is 0 Å². The molecule has 0 aromatic heterocycles. The van der Waals surface area contributed by atoms with Crippen LogP contribution < -0.4 is 5.32 Å². The number of fused-ring (bicyclic) bond motifs is 1. The first-order chi connectivity index (χ1) is 9.27. The van der Waals surface area contributed by atoms with Crippen LogP contribution in [0.1, 0.15) is 25.7 Å². The monoisotopic (exact) mass is 264 g/mol. The van der Waals surface area contributed by atoms with E-state index in [2.05, 4.69) is 22.4 Å². The van der Waals surface area contributed by atoms with Gasteiger partial charge in [-0.2, -0.15) is 0 Å². The summed E-state index contributed by atoms with van der Waals surface area (Å²) in [4.78, 5) is 24.7. The Hall–Kier alpha value is -1.78. The molecule has 1 aliphatic carbocycles. The van der Waals surface area contributed by atoms with Crippen molar-refractivity contribution < 1.29 is 14.3 Å². The third-order valence-electron chi connectivity index (χ3n) is 3.47. The normalized spacial score (nSPS) is 19.5. The highest BCUT2D eigenvalue weighted by Gasteiger charge is 2.31. The van der Waals surface area contributed by atoms with Crippen molar-refractivity contribution >= 4 is 12.2 Å². The number of rotatable bonds is 5. The molecule has 1 amide bonds. The van der Waals surface area contributed by atoms with Gasteiger partial charge in [0.2, 0.25) is 5.91 Å². The number of nitrogens with one attached hydrogen (secondary N) is 1. The molecule has 2 rings (SSSR count). The molecule has 5 heteroatoms. The lowest BCUT2D eigenvalue weighted by atomic mass is 10.0. The smallest absolute Gasteiger partial charge is 0.242 e. The molecule has 1 aliphatic heterocycles. The van der Waals surface area contributed by atoms with Crippen molar-refractivity contribution in [2.45, 2.75) is 31.7 Å². The van der Waals surface area contributed by atoms with Crippen LogP contribution in [-0.2, 0) is 14.3 Å². The number of likely N-dealkylation sites (N-methyl/N-ethyl adjacent to an activating group) is 1. The summed E-state index contributed by atoms with van der Waals surface area (Å²) >= 11 is 0. The van der Waals surface area contributed by atoms with Gasteiger partial charge in [-0.3, -0.25) is 4.79 Å². The third kappa shape index (κ3) is 2.97. The number of hydrogen-bond acceptors (Lipinski definition) is 4. The number of carbonyl (C=O) groups is 2. The summed E-state index contributed by atoms with van der Waals surface area (Å²) in [6.07, 6.45) is 7.92. The third-order valence-corrected chi connectivity index (χ3v) is 3.47. The van der Waals surface area contributed by atoms with Gasteiger partial charge in [0, 0.05) is 13.5 Å². The minimum atomic E-state index is -0.299. The maximum atomic E-state index is 12.0. The van der Waals surface area contributed by atoms with Crippen LogP contribution in [0, 0.1) is 0 Å². The number of nitrogens with zero attached hydrogens (tertiary/aromatic N) is 1. The van der Waals surface area contributed by atoms with Crippen LogP contribution in [0.4, 0.5) is 0 Å². The highest BCUT2D eigenvalue weighted by molar-refractivity contribution is 5.82. The second-order valence-electron chi connectivity index (χ2n) is 4.65. The van der Waals surface area contributed by atoms with E-state index < -0.39 is 0 Å². The van der Waals surface area contributed by atoms with Crippen molar-refractivity contribution in [2.24, 2.45) is 0 Å². The zero-order valence-electron chi connectivity index (χ0n) is 11.2.